The Kier molecular flexibility index (Phi) is 6.21. The second kappa shape index (κ2) is 8.61. The first-order valence-corrected chi connectivity index (χ1v) is 9.54. The maximum atomic E-state index is 13.5. The molecular weight excluding hydrogens is 418 g/mol. The Balaban J connectivity index is 1.53. The van der Waals surface area contributed by atoms with Crippen LogP contribution >= 0.6 is 15.9 Å². The van der Waals surface area contributed by atoms with Gasteiger partial charge in [0.2, 0.25) is 5.91 Å². The van der Waals surface area contributed by atoms with Crippen LogP contribution in [0.4, 0.5) is 8.78 Å². The minimum absolute atomic E-state index is 0.0832. The quantitative estimate of drug-likeness (QED) is 0.742. The maximum absolute atomic E-state index is 13.5. The van der Waals surface area contributed by atoms with E-state index >= 15 is 0 Å². The van der Waals surface area contributed by atoms with Crippen molar-refractivity contribution in [1.82, 2.24) is 10.6 Å². The fourth-order valence-electron chi connectivity index (χ4n) is 3.24. The topological polar surface area (TPSA) is 58.2 Å². The van der Waals surface area contributed by atoms with Gasteiger partial charge in [0.1, 0.15) is 11.6 Å². The summed E-state index contributed by atoms with van der Waals surface area (Å²) in [6.07, 6.45) is 2.64. The van der Waals surface area contributed by atoms with Crippen molar-refractivity contribution in [3.63, 3.8) is 0 Å². The first kappa shape index (κ1) is 19.5. The number of aryl methyl sites for hydroxylation is 1. The molecule has 0 spiro atoms. The van der Waals surface area contributed by atoms with Crippen LogP contribution < -0.4 is 10.6 Å². The fourth-order valence-corrected chi connectivity index (χ4v) is 3.67. The van der Waals surface area contributed by atoms with Gasteiger partial charge in [-0.15, -0.1) is 0 Å². The monoisotopic (exact) mass is 436 g/mol. The van der Waals surface area contributed by atoms with E-state index in [1.165, 1.54) is 24.3 Å². The maximum Gasteiger partial charge on any atom is 0.252 e. The molecule has 0 aromatic heterocycles. The average Bonchev–Trinajstić information content (AvgIpc) is 2.64. The molecular formula is C20H19BrF2N2O2. The molecule has 2 aromatic carbocycles. The lowest BCUT2D eigenvalue weighted by Crippen LogP contribution is -2.34. The van der Waals surface area contributed by atoms with E-state index in [-0.39, 0.29) is 36.3 Å². The van der Waals surface area contributed by atoms with Crippen LogP contribution in [0.2, 0.25) is 0 Å². The van der Waals surface area contributed by atoms with Gasteiger partial charge in [-0.25, -0.2) is 8.78 Å². The lowest BCUT2D eigenvalue weighted by atomic mass is 9.87. The zero-order valence-electron chi connectivity index (χ0n) is 14.5. The summed E-state index contributed by atoms with van der Waals surface area (Å²) in [6.45, 7) is 0.121. The second-order valence-electron chi connectivity index (χ2n) is 6.49. The van der Waals surface area contributed by atoms with E-state index < -0.39 is 11.7 Å². The van der Waals surface area contributed by atoms with Crippen molar-refractivity contribution in [1.29, 1.82) is 0 Å². The highest BCUT2D eigenvalue weighted by molar-refractivity contribution is 9.10. The van der Waals surface area contributed by atoms with Gasteiger partial charge in [-0.2, -0.15) is 0 Å². The van der Waals surface area contributed by atoms with Crippen molar-refractivity contribution in [2.24, 2.45) is 0 Å². The summed E-state index contributed by atoms with van der Waals surface area (Å²) in [7, 11) is 0. The zero-order chi connectivity index (χ0) is 19.4. The number of carbonyl (C=O) groups is 2. The minimum atomic E-state index is -0.510. The normalized spacial score (nSPS) is 15.7. The largest absolute Gasteiger partial charge is 0.351 e. The molecule has 2 aromatic rings. The summed E-state index contributed by atoms with van der Waals surface area (Å²) in [6, 6.07) is 8.29. The molecule has 142 valence electrons. The first-order chi connectivity index (χ1) is 12.9. The molecule has 4 nitrogen and oxygen atoms in total. The van der Waals surface area contributed by atoms with Crippen molar-refractivity contribution in [2.75, 3.05) is 6.54 Å². The highest BCUT2D eigenvalue weighted by atomic mass is 79.9. The highest BCUT2D eigenvalue weighted by Gasteiger charge is 2.22. The first-order valence-electron chi connectivity index (χ1n) is 8.75. The predicted molar refractivity (Wildman–Crippen MR) is 101 cm³/mol. The predicted octanol–water partition coefficient (Wildman–Crippen LogP) is 4.04. The molecule has 2 N–H and O–H groups in total. The Labute approximate surface area is 164 Å². The Morgan fingerprint density at radius 1 is 1.11 bits per heavy atom. The van der Waals surface area contributed by atoms with Crippen molar-refractivity contribution in [3.8, 4) is 0 Å². The number of fused-ring (bicyclic) bond motifs is 1. The molecule has 0 bridgehead atoms. The van der Waals surface area contributed by atoms with E-state index in [1.54, 1.807) is 6.07 Å². The third-order valence-electron chi connectivity index (χ3n) is 4.57. The van der Waals surface area contributed by atoms with E-state index in [0.717, 1.165) is 36.5 Å². The van der Waals surface area contributed by atoms with Crippen LogP contribution in [0.5, 0.6) is 0 Å². The molecule has 1 aliphatic carbocycles. The number of hydrogen-bond acceptors (Lipinski definition) is 2. The van der Waals surface area contributed by atoms with Crippen LogP contribution in [0, 0.1) is 11.6 Å². The summed E-state index contributed by atoms with van der Waals surface area (Å²) in [5.41, 5.74) is 2.05. The molecule has 2 amide bonds. The molecule has 7 heteroatoms. The number of carbonyl (C=O) groups excluding carboxylic acids is 2. The standard InChI is InChI=1S/C20H19BrF2N2O2/c21-17-7-6-14(23)11-16(17)20(27)24-9-8-19(26)25-18-3-1-2-12-4-5-13(22)10-15(12)18/h4-7,10-11,18H,1-3,8-9H2,(H,24,27)(H,25,26)/t18-/m0/s1. The Bertz CT molecular complexity index is 873. The van der Waals surface area contributed by atoms with E-state index in [2.05, 4.69) is 26.6 Å². The van der Waals surface area contributed by atoms with Crippen LogP contribution in [0.1, 0.15) is 46.8 Å². The molecule has 27 heavy (non-hydrogen) atoms. The van der Waals surface area contributed by atoms with Crippen LogP contribution in [0.3, 0.4) is 0 Å². The van der Waals surface area contributed by atoms with Crippen LogP contribution in [0.25, 0.3) is 0 Å². The van der Waals surface area contributed by atoms with Crippen LogP contribution in [-0.4, -0.2) is 18.4 Å². The van der Waals surface area contributed by atoms with Gasteiger partial charge >= 0.3 is 0 Å². The Morgan fingerprint density at radius 2 is 1.85 bits per heavy atom. The van der Waals surface area contributed by atoms with E-state index in [9.17, 15) is 18.4 Å². The van der Waals surface area contributed by atoms with E-state index in [0.29, 0.717) is 4.47 Å². The van der Waals surface area contributed by atoms with Crippen molar-refractivity contribution in [3.05, 3.63) is 69.2 Å². The van der Waals surface area contributed by atoms with E-state index in [1.807, 2.05) is 0 Å². The van der Waals surface area contributed by atoms with Crippen molar-refractivity contribution >= 4 is 27.7 Å². The summed E-state index contributed by atoms with van der Waals surface area (Å²) in [5.74, 6) is -1.51. The van der Waals surface area contributed by atoms with Crippen LogP contribution in [-0.2, 0) is 11.2 Å². The summed E-state index contributed by atoms with van der Waals surface area (Å²) in [4.78, 5) is 24.3. The Hall–Kier alpha value is -2.28. The number of amides is 2. The number of hydrogen-bond donors (Lipinski definition) is 2. The minimum Gasteiger partial charge on any atom is -0.351 e. The highest BCUT2D eigenvalue weighted by Crippen LogP contribution is 2.30. The van der Waals surface area contributed by atoms with Gasteiger partial charge < -0.3 is 10.6 Å². The number of rotatable bonds is 5. The molecule has 0 heterocycles. The summed E-state index contributed by atoms with van der Waals surface area (Å²) in [5, 5.41) is 5.52. The van der Waals surface area contributed by atoms with Gasteiger partial charge in [-0.1, -0.05) is 6.07 Å². The molecule has 3 rings (SSSR count). The smallest absolute Gasteiger partial charge is 0.252 e. The van der Waals surface area contributed by atoms with Crippen molar-refractivity contribution < 1.29 is 18.4 Å². The lowest BCUT2D eigenvalue weighted by molar-refractivity contribution is -0.121. The van der Waals surface area contributed by atoms with Gasteiger partial charge in [0.25, 0.3) is 5.91 Å². The number of nitrogens with one attached hydrogen (secondary N) is 2. The van der Waals surface area contributed by atoms with Crippen LogP contribution in [0.15, 0.2) is 40.9 Å². The Morgan fingerprint density at radius 3 is 2.67 bits per heavy atom. The molecule has 1 aliphatic rings. The van der Waals surface area contributed by atoms with Gasteiger partial charge in [0, 0.05) is 17.4 Å². The summed E-state index contributed by atoms with van der Waals surface area (Å²) >= 11 is 3.20. The van der Waals surface area contributed by atoms with Crippen molar-refractivity contribution in [2.45, 2.75) is 31.7 Å². The molecule has 0 saturated heterocycles. The average molecular weight is 437 g/mol. The third-order valence-corrected chi connectivity index (χ3v) is 5.26. The lowest BCUT2D eigenvalue weighted by Gasteiger charge is -2.26. The van der Waals surface area contributed by atoms with Gasteiger partial charge in [-0.3, -0.25) is 9.59 Å². The third kappa shape index (κ3) is 4.91. The molecule has 0 unspecified atom stereocenters. The number of benzene rings is 2. The molecule has 0 radical (unpaired) electrons. The molecule has 1 atom stereocenters. The molecule has 0 aliphatic heterocycles. The fraction of sp³-hybridized carbons (Fsp3) is 0.300. The zero-order valence-corrected chi connectivity index (χ0v) is 16.1. The van der Waals surface area contributed by atoms with E-state index in [4.69, 9.17) is 0 Å². The molecule has 0 saturated carbocycles. The summed E-state index contributed by atoms with van der Waals surface area (Å²) < 4.78 is 27.3. The second-order valence-corrected chi connectivity index (χ2v) is 7.34. The van der Waals surface area contributed by atoms with Gasteiger partial charge in [0.05, 0.1) is 11.6 Å². The van der Waals surface area contributed by atoms with Gasteiger partial charge in [-0.05, 0) is 76.7 Å². The number of halogens is 3. The molecule has 0 fully saturated rings. The van der Waals surface area contributed by atoms with Gasteiger partial charge in [0.15, 0.2) is 0 Å². The SMILES string of the molecule is O=C(CCNC(=O)c1cc(F)ccc1Br)N[C@H]1CCCc2ccc(F)cc21.